The van der Waals surface area contributed by atoms with E-state index in [1.54, 1.807) is 18.2 Å². The molecule has 0 unspecified atom stereocenters. The van der Waals surface area contributed by atoms with Crippen molar-refractivity contribution in [1.82, 2.24) is 0 Å². The first-order valence-electron chi connectivity index (χ1n) is 13.4. The molecule has 0 saturated heterocycles. The smallest absolute Gasteiger partial charge is 0.166 e. The van der Waals surface area contributed by atoms with E-state index < -0.39 is 11.6 Å². The number of allylic oxidation sites excluding steroid dienone is 1. The van der Waals surface area contributed by atoms with Crippen LogP contribution >= 0.6 is 0 Å². The summed E-state index contributed by atoms with van der Waals surface area (Å²) in [6.07, 6.45) is 15.0. The highest BCUT2D eigenvalue weighted by Crippen LogP contribution is 2.40. The van der Waals surface area contributed by atoms with Gasteiger partial charge in [-0.3, -0.25) is 0 Å². The quantitative estimate of drug-likeness (QED) is 0.379. The van der Waals surface area contributed by atoms with Gasteiger partial charge in [0, 0.05) is 5.56 Å². The first-order valence-corrected chi connectivity index (χ1v) is 13.4. The monoisotopic (exact) mass is 468 g/mol. The van der Waals surface area contributed by atoms with E-state index in [1.165, 1.54) is 12.8 Å². The summed E-state index contributed by atoms with van der Waals surface area (Å²) < 4.78 is 44.3. The van der Waals surface area contributed by atoms with Crippen molar-refractivity contribution in [2.45, 2.75) is 96.3 Å². The third kappa shape index (κ3) is 5.78. The minimum absolute atomic E-state index is 0.0881. The number of halogens is 3. The van der Waals surface area contributed by atoms with Crippen molar-refractivity contribution < 1.29 is 13.2 Å². The minimum Gasteiger partial charge on any atom is -0.207 e. The Morgan fingerprint density at radius 3 is 2.06 bits per heavy atom. The molecule has 3 heteroatoms. The first kappa shape index (κ1) is 25.1. The number of benzene rings is 2. The molecule has 0 bridgehead atoms. The van der Waals surface area contributed by atoms with Gasteiger partial charge in [0.05, 0.1) is 0 Å². The summed E-state index contributed by atoms with van der Waals surface area (Å²) in [7, 11) is 0. The predicted octanol–water partition coefficient (Wildman–Crippen LogP) is 9.73. The number of aryl methyl sites for hydroxylation is 1. The van der Waals surface area contributed by atoms with Crippen LogP contribution in [0.3, 0.4) is 0 Å². The van der Waals surface area contributed by atoms with E-state index in [-0.39, 0.29) is 17.7 Å². The molecule has 0 heterocycles. The summed E-state index contributed by atoms with van der Waals surface area (Å²) >= 11 is 0. The third-order valence-electron chi connectivity index (χ3n) is 8.36. The van der Waals surface area contributed by atoms with E-state index in [1.807, 2.05) is 31.2 Å². The first-order chi connectivity index (χ1) is 16.5. The largest absolute Gasteiger partial charge is 0.207 e. The molecule has 2 aliphatic carbocycles. The minimum atomic E-state index is -0.712. The van der Waals surface area contributed by atoms with Gasteiger partial charge in [-0.2, -0.15) is 0 Å². The van der Waals surface area contributed by atoms with Crippen LogP contribution in [0.5, 0.6) is 0 Å². The van der Waals surface area contributed by atoms with Gasteiger partial charge >= 0.3 is 0 Å². The van der Waals surface area contributed by atoms with Gasteiger partial charge in [0.2, 0.25) is 0 Å². The molecule has 0 aliphatic heterocycles. The van der Waals surface area contributed by atoms with Gasteiger partial charge in [-0.15, -0.1) is 0 Å². The number of hydrogen-bond donors (Lipinski definition) is 0. The van der Waals surface area contributed by atoms with Gasteiger partial charge in [0.25, 0.3) is 0 Å². The molecule has 2 fully saturated rings. The van der Waals surface area contributed by atoms with Crippen LogP contribution in [-0.4, -0.2) is 0 Å². The van der Waals surface area contributed by atoms with Crippen molar-refractivity contribution in [2.75, 3.05) is 0 Å². The summed E-state index contributed by atoms with van der Waals surface area (Å²) in [6.45, 7) is 4.25. The molecule has 0 aromatic heterocycles. The van der Waals surface area contributed by atoms with Gasteiger partial charge in [0.15, 0.2) is 11.6 Å². The molecule has 0 spiro atoms. The van der Waals surface area contributed by atoms with Crippen LogP contribution in [0, 0.1) is 29.3 Å². The topological polar surface area (TPSA) is 0 Å². The molecular weight excluding hydrogens is 429 g/mol. The van der Waals surface area contributed by atoms with Crippen LogP contribution in [0.1, 0.15) is 112 Å². The maximum atomic E-state index is 14.9. The molecule has 2 saturated carbocycles. The molecule has 184 valence electrons. The Labute approximate surface area is 203 Å². The van der Waals surface area contributed by atoms with E-state index in [0.717, 1.165) is 74.8 Å². The second-order valence-electron chi connectivity index (χ2n) is 10.6. The van der Waals surface area contributed by atoms with E-state index in [0.29, 0.717) is 17.0 Å². The Kier molecular flexibility index (Phi) is 8.55. The van der Waals surface area contributed by atoms with Gasteiger partial charge in [0.1, 0.15) is 5.82 Å². The maximum absolute atomic E-state index is 14.9. The lowest BCUT2D eigenvalue weighted by molar-refractivity contribution is 0.303. The normalized spacial score (nSPS) is 25.7. The molecule has 0 atom stereocenters. The molecule has 0 radical (unpaired) electrons. The Bertz CT molecular complexity index is 976. The molecule has 2 aliphatic rings. The van der Waals surface area contributed by atoms with Crippen molar-refractivity contribution in [3.63, 3.8) is 0 Å². The Morgan fingerprint density at radius 1 is 0.765 bits per heavy atom. The van der Waals surface area contributed by atoms with E-state index in [2.05, 4.69) is 6.92 Å². The fourth-order valence-corrected chi connectivity index (χ4v) is 6.18. The Hall–Kier alpha value is -2.03. The van der Waals surface area contributed by atoms with Crippen LogP contribution in [0.15, 0.2) is 36.4 Å². The van der Waals surface area contributed by atoms with E-state index in [4.69, 9.17) is 0 Å². The average Bonchev–Trinajstić information content (AvgIpc) is 2.86. The van der Waals surface area contributed by atoms with Crippen LogP contribution < -0.4 is 0 Å². The van der Waals surface area contributed by atoms with Crippen molar-refractivity contribution in [3.8, 4) is 0 Å². The molecule has 2 aromatic rings. The second-order valence-corrected chi connectivity index (χ2v) is 10.6. The van der Waals surface area contributed by atoms with Crippen molar-refractivity contribution >= 4 is 6.08 Å². The molecular formula is C31H39F3. The summed E-state index contributed by atoms with van der Waals surface area (Å²) in [4.78, 5) is 0. The fourth-order valence-electron chi connectivity index (χ4n) is 6.18. The lowest BCUT2D eigenvalue weighted by Crippen LogP contribution is -2.15. The zero-order chi connectivity index (χ0) is 24.1. The van der Waals surface area contributed by atoms with E-state index >= 15 is 0 Å². The van der Waals surface area contributed by atoms with E-state index in [9.17, 15) is 13.2 Å². The van der Waals surface area contributed by atoms with Crippen LogP contribution in [0.25, 0.3) is 6.08 Å². The van der Waals surface area contributed by atoms with Crippen molar-refractivity contribution in [2.24, 2.45) is 11.8 Å². The van der Waals surface area contributed by atoms with Crippen LogP contribution in [0.2, 0.25) is 0 Å². The molecule has 0 N–H and O–H groups in total. The summed E-state index contributed by atoms with van der Waals surface area (Å²) in [5.41, 5.74) is 2.75. The summed E-state index contributed by atoms with van der Waals surface area (Å²) in [5, 5.41) is 0. The Morgan fingerprint density at radius 2 is 1.41 bits per heavy atom. The molecule has 0 amide bonds. The molecule has 0 nitrogen and oxygen atoms in total. The summed E-state index contributed by atoms with van der Waals surface area (Å²) in [6, 6.07) is 9.20. The van der Waals surface area contributed by atoms with Gasteiger partial charge in [-0.05, 0) is 104 Å². The lowest BCUT2D eigenvalue weighted by atomic mass is 9.77. The number of hydrogen-bond acceptors (Lipinski definition) is 0. The average molecular weight is 469 g/mol. The SMILES string of the molecule is CCCC1CCC(c2ccc(C=CC3CCC(c4ccc(CC)cc4F)CC3)c(F)c2F)CC1. The molecule has 2 aromatic carbocycles. The standard InChI is InChI=1S/C31H39F3/c1-3-5-22-6-14-25(15-7-22)28-19-17-26(30(33)31(28)34)16-10-23-8-12-24(13-9-23)27-18-11-21(4-2)20-29(27)32/h10-11,16-20,22-25H,3-9,12-15H2,1-2H3. The van der Waals surface area contributed by atoms with Crippen LogP contribution in [-0.2, 0) is 6.42 Å². The third-order valence-corrected chi connectivity index (χ3v) is 8.36. The fraction of sp³-hybridized carbons (Fsp3) is 0.548. The molecule has 34 heavy (non-hydrogen) atoms. The highest BCUT2D eigenvalue weighted by molar-refractivity contribution is 5.52. The lowest BCUT2D eigenvalue weighted by Gasteiger charge is -2.29. The highest BCUT2D eigenvalue weighted by atomic mass is 19.2. The Balaban J connectivity index is 1.35. The predicted molar refractivity (Wildman–Crippen MR) is 135 cm³/mol. The van der Waals surface area contributed by atoms with Gasteiger partial charge in [-0.1, -0.05) is 63.1 Å². The van der Waals surface area contributed by atoms with Crippen molar-refractivity contribution in [1.29, 1.82) is 0 Å². The zero-order valence-electron chi connectivity index (χ0n) is 20.8. The van der Waals surface area contributed by atoms with Crippen molar-refractivity contribution in [3.05, 3.63) is 76.1 Å². The van der Waals surface area contributed by atoms with Gasteiger partial charge in [-0.25, -0.2) is 13.2 Å². The molecule has 4 rings (SSSR count). The zero-order valence-corrected chi connectivity index (χ0v) is 20.8. The van der Waals surface area contributed by atoms with Crippen LogP contribution in [0.4, 0.5) is 13.2 Å². The maximum Gasteiger partial charge on any atom is 0.166 e. The second kappa shape index (κ2) is 11.6. The highest BCUT2D eigenvalue weighted by Gasteiger charge is 2.26. The number of rotatable bonds is 7. The summed E-state index contributed by atoms with van der Waals surface area (Å²) in [5.74, 6) is 0.00447. The van der Waals surface area contributed by atoms with Gasteiger partial charge < -0.3 is 0 Å².